The number of nitrogens with one attached hydrogen (secondary N) is 1. The number of carbonyl (C=O) groups is 2. The van der Waals surface area contributed by atoms with Crippen molar-refractivity contribution in [1.82, 2.24) is 4.98 Å². The van der Waals surface area contributed by atoms with Crippen LogP contribution in [0.2, 0.25) is 0 Å². The molecule has 1 amide bonds. The molecule has 0 bridgehead atoms. The number of carboxylic acids is 1. The number of aromatic nitrogens is 1. The Kier molecular flexibility index (Phi) is 2.55. The fourth-order valence-electron chi connectivity index (χ4n) is 2.59. The van der Waals surface area contributed by atoms with Crippen LogP contribution < -0.4 is 4.90 Å². The van der Waals surface area contributed by atoms with E-state index in [1.54, 1.807) is 17.0 Å². The largest absolute Gasteiger partial charge is 0.478 e. The first-order chi connectivity index (χ1) is 9.08. The lowest BCUT2D eigenvalue weighted by atomic mass is 10.1. The fraction of sp³-hybridized carbons (Fsp3) is 0.286. The second-order valence-electron chi connectivity index (χ2n) is 4.84. The van der Waals surface area contributed by atoms with E-state index >= 15 is 0 Å². The van der Waals surface area contributed by atoms with E-state index in [0.717, 1.165) is 22.9 Å². The first-order valence-corrected chi connectivity index (χ1v) is 6.23. The number of aromatic amines is 1. The summed E-state index contributed by atoms with van der Waals surface area (Å²) in [5, 5.41) is 10.0. The Bertz CT molecular complexity index is 687. The van der Waals surface area contributed by atoms with Crippen molar-refractivity contribution >= 4 is 28.5 Å². The molecule has 3 rings (SSSR count). The first-order valence-electron chi connectivity index (χ1n) is 6.23. The number of hydrogen-bond donors (Lipinski definition) is 2. The lowest BCUT2D eigenvalue weighted by Crippen LogP contribution is -2.24. The zero-order valence-corrected chi connectivity index (χ0v) is 10.6. The van der Waals surface area contributed by atoms with Crippen LogP contribution in [-0.2, 0) is 4.79 Å². The Morgan fingerprint density at radius 1 is 1.42 bits per heavy atom. The molecule has 1 fully saturated rings. The molecule has 1 aliphatic heterocycles. The molecule has 19 heavy (non-hydrogen) atoms. The molecule has 0 radical (unpaired) electrons. The lowest BCUT2D eigenvalue weighted by molar-refractivity contribution is -0.117. The molecule has 0 unspecified atom stereocenters. The summed E-state index contributed by atoms with van der Waals surface area (Å²) in [4.78, 5) is 27.9. The summed E-state index contributed by atoms with van der Waals surface area (Å²) in [6, 6.07) is 3.22. The van der Waals surface area contributed by atoms with E-state index in [0.29, 0.717) is 18.7 Å². The van der Waals surface area contributed by atoms with Gasteiger partial charge >= 0.3 is 5.97 Å². The highest BCUT2D eigenvalue weighted by Gasteiger charge is 2.25. The number of fused-ring (bicyclic) bond motifs is 1. The van der Waals surface area contributed by atoms with E-state index in [9.17, 15) is 14.7 Å². The third kappa shape index (κ3) is 1.78. The summed E-state index contributed by atoms with van der Waals surface area (Å²) in [7, 11) is 0. The number of carbonyl (C=O) groups excluding carboxylic acids is 1. The highest BCUT2D eigenvalue weighted by molar-refractivity contribution is 6.07. The summed E-state index contributed by atoms with van der Waals surface area (Å²) in [6.45, 7) is 2.56. The van der Waals surface area contributed by atoms with Gasteiger partial charge in [-0.2, -0.15) is 0 Å². The number of anilines is 1. The number of carboxylic acid groups (broad SMARTS) is 1. The van der Waals surface area contributed by atoms with Gasteiger partial charge in [-0.05, 0) is 31.0 Å². The van der Waals surface area contributed by atoms with Gasteiger partial charge in [-0.25, -0.2) is 4.79 Å². The molecular formula is C14H14N2O3. The Morgan fingerprint density at radius 2 is 2.21 bits per heavy atom. The van der Waals surface area contributed by atoms with Crippen molar-refractivity contribution in [1.29, 1.82) is 0 Å². The summed E-state index contributed by atoms with van der Waals surface area (Å²) in [5.41, 5.74) is 2.69. The molecule has 0 saturated carbocycles. The molecule has 0 aliphatic carbocycles. The van der Waals surface area contributed by atoms with Crippen LogP contribution in [0.3, 0.4) is 0 Å². The molecule has 0 atom stereocenters. The van der Waals surface area contributed by atoms with E-state index in [1.807, 2.05) is 13.1 Å². The van der Waals surface area contributed by atoms with E-state index in [-0.39, 0.29) is 11.5 Å². The summed E-state index contributed by atoms with van der Waals surface area (Å²) in [6.07, 6.45) is 3.18. The third-order valence-corrected chi connectivity index (χ3v) is 3.59. The summed E-state index contributed by atoms with van der Waals surface area (Å²) < 4.78 is 0. The van der Waals surface area contributed by atoms with Crippen molar-refractivity contribution in [2.24, 2.45) is 0 Å². The minimum Gasteiger partial charge on any atom is -0.478 e. The molecule has 2 N–H and O–H groups in total. The number of aryl methyl sites for hydroxylation is 1. The van der Waals surface area contributed by atoms with Gasteiger partial charge in [-0.1, -0.05) is 0 Å². The maximum atomic E-state index is 11.9. The number of amides is 1. The number of H-pyrrole nitrogens is 1. The SMILES string of the molecule is Cc1c[nH]c2c(N3CCCC3=O)cc(C(=O)O)cc12. The number of benzene rings is 1. The minimum absolute atomic E-state index is 0.0519. The van der Waals surface area contributed by atoms with Gasteiger partial charge in [0.25, 0.3) is 0 Å². The van der Waals surface area contributed by atoms with Gasteiger partial charge in [0.05, 0.1) is 16.8 Å². The van der Waals surface area contributed by atoms with Crippen molar-refractivity contribution in [2.45, 2.75) is 19.8 Å². The molecule has 5 nitrogen and oxygen atoms in total. The Labute approximate surface area is 109 Å². The minimum atomic E-state index is -0.976. The van der Waals surface area contributed by atoms with Gasteiger partial charge in [-0.15, -0.1) is 0 Å². The predicted octanol–water partition coefficient (Wildman–Crippen LogP) is 2.30. The second-order valence-corrected chi connectivity index (χ2v) is 4.84. The van der Waals surface area contributed by atoms with Crippen molar-refractivity contribution in [3.63, 3.8) is 0 Å². The van der Waals surface area contributed by atoms with Crippen LogP contribution in [0.1, 0.15) is 28.8 Å². The van der Waals surface area contributed by atoms with Crippen LogP contribution in [0.25, 0.3) is 10.9 Å². The highest BCUT2D eigenvalue weighted by Crippen LogP contribution is 2.32. The quantitative estimate of drug-likeness (QED) is 0.868. The van der Waals surface area contributed by atoms with E-state index in [4.69, 9.17) is 0 Å². The van der Waals surface area contributed by atoms with Gasteiger partial charge in [0, 0.05) is 24.5 Å². The predicted molar refractivity (Wildman–Crippen MR) is 71.6 cm³/mol. The van der Waals surface area contributed by atoms with Crippen LogP contribution in [0.15, 0.2) is 18.3 Å². The Hall–Kier alpha value is -2.30. The van der Waals surface area contributed by atoms with Crippen molar-refractivity contribution in [3.05, 3.63) is 29.5 Å². The van der Waals surface area contributed by atoms with Crippen molar-refractivity contribution in [2.75, 3.05) is 11.4 Å². The third-order valence-electron chi connectivity index (χ3n) is 3.59. The highest BCUT2D eigenvalue weighted by atomic mass is 16.4. The van der Waals surface area contributed by atoms with Crippen LogP contribution in [-0.4, -0.2) is 28.5 Å². The number of nitrogens with zero attached hydrogens (tertiary/aromatic N) is 1. The van der Waals surface area contributed by atoms with Gasteiger partial charge in [0.1, 0.15) is 0 Å². The molecule has 98 valence electrons. The molecule has 2 aromatic rings. The van der Waals surface area contributed by atoms with Crippen LogP contribution in [0, 0.1) is 6.92 Å². The summed E-state index contributed by atoms with van der Waals surface area (Å²) >= 11 is 0. The van der Waals surface area contributed by atoms with E-state index in [1.165, 1.54) is 0 Å². The molecule has 2 heterocycles. The standard InChI is InChI=1S/C14H14N2O3/c1-8-7-15-13-10(8)5-9(14(18)19)6-11(13)16-4-2-3-12(16)17/h5-7,15H,2-4H2,1H3,(H,18,19). The fourth-order valence-corrected chi connectivity index (χ4v) is 2.59. The van der Waals surface area contributed by atoms with Gasteiger partial charge in [0.15, 0.2) is 0 Å². The zero-order chi connectivity index (χ0) is 13.6. The lowest BCUT2D eigenvalue weighted by Gasteiger charge is -2.17. The monoisotopic (exact) mass is 258 g/mol. The number of aromatic carboxylic acids is 1. The van der Waals surface area contributed by atoms with E-state index < -0.39 is 5.97 Å². The van der Waals surface area contributed by atoms with E-state index in [2.05, 4.69) is 4.98 Å². The second kappa shape index (κ2) is 4.12. The molecule has 5 heteroatoms. The zero-order valence-electron chi connectivity index (χ0n) is 10.6. The topological polar surface area (TPSA) is 73.4 Å². The Balaban J connectivity index is 2.26. The average molecular weight is 258 g/mol. The maximum absolute atomic E-state index is 11.9. The van der Waals surface area contributed by atoms with Gasteiger partial charge in [0.2, 0.25) is 5.91 Å². The molecular weight excluding hydrogens is 244 g/mol. The normalized spacial score (nSPS) is 15.4. The maximum Gasteiger partial charge on any atom is 0.335 e. The van der Waals surface area contributed by atoms with Crippen LogP contribution in [0.5, 0.6) is 0 Å². The van der Waals surface area contributed by atoms with Crippen LogP contribution >= 0.6 is 0 Å². The summed E-state index contributed by atoms with van der Waals surface area (Å²) in [5.74, 6) is -0.925. The average Bonchev–Trinajstić information content (AvgIpc) is 2.95. The first kappa shape index (κ1) is 11.8. The van der Waals surface area contributed by atoms with Gasteiger partial charge < -0.3 is 15.0 Å². The van der Waals surface area contributed by atoms with Crippen molar-refractivity contribution in [3.8, 4) is 0 Å². The molecule has 1 saturated heterocycles. The molecule has 0 spiro atoms. The molecule has 1 aromatic heterocycles. The number of hydrogen-bond acceptors (Lipinski definition) is 2. The molecule has 1 aliphatic rings. The molecule has 1 aromatic carbocycles. The smallest absolute Gasteiger partial charge is 0.335 e. The van der Waals surface area contributed by atoms with Crippen molar-refractivity contribution < 1.29 is 14.7 Å². The Morgan fingerprint density at radius 3 is 2.84 bits per heavy atom. The number of rotatable bonds is 2. The van der Waals surface area contributed by atoms with Gasteiger partial charge in [-0.3, -0.25) is 4.79 Å². The van der Waals surface area contributed by atoms with Crippen LogP contribution in [0.4, 0.5) is 5.69 Å².